The highest BCUT2D eigenvalue weighted by Crippen LogP contribution is 2.34. The van der Waals surface area contributed by atoms with Gasteiger partial charge in [-0.25, -0.2) is 0 Å². The highest BCUT2D eigenvalue weighted by Gasteiger charge is 2.39. The zero-order valence-corrected chi connectivity index (χ0v) is 32.1. The van der Waals surface area contributed by atoms with E-state index in [2.05, 4.69) is 13.8 Å². The normalized spacial score (nSPS) is 18.9. The van der Waals surface area contributed by atoms with Crippen molar-refractivity contribution in [1.82, 2.24) is 0 Å². The average molecular weight is 709 g/mol. The van der Waals surface area contributed by atoms with Crippen LogP contribution in [0, 0.1) is 11.8 Å². The molecule has 0 aromatic heterocycles. The fraction of sp³-hybridized carbons (Fsp3) is 0.881. The molecule has 0 heterocycles. The second kappa shape index (κ2) is 31.9. The molecule has 0 amide bonds. The predicted octanol–water partition coefficient (Wildman–Crippen LogP) is 9.49. The third-order valence-electron chi connectivity index (χ3n) is 10.2. The minimum atomic E-state index is -0.840. The number of hydrogen-bond acceptors (Lipinski definition) is 8. The first-order valence-electron chi connectivity index (χ1n) is 20.8. The van der Waals surface area contributed by atoms with Crippen LogP contribution in [0.4, 0.5) is 0 Å². The van der Waals surface area contributed by atoms with Gasteiger partial charge in [0.2, 0.25) is 0 Å². The van der Waals surface area contributed by atoms with Gasteiger partial charge in [-0.3, -0.25) is 14.4 Å². The van der Waals surface area contributed by atoms with Crippen LogP contribution in [0.25, 0.3) is 0 Å². The van der Waals surface area contributed by atoms with Crippen LogP contribution in [-0.4, -0.2) is 64.6 Å². The summed E-state index contributed by atoms with van der Waals surface area (Å²) in [4.78, 5) is 36.9. The molecule has 0 aliphatic heterocycles. The summed E-state index contributed by atoms with van der Waals surface area (Å²) < 4.78 is 10.6. The summed E-state index contributed by atoms with van der Waals surface area (Å²) >= 11 is 0. The van der Waals surface area contributed by atoms with Crippen molar-refractivity contribution < 1.29 is 39.2 Å². The summed E-state index contributed by atoms with van der Waals surface area (Å²) in [6, 6.07) is 0. The Kier molecular flexibility index (Phi) is 29.5. The molecule has 0 saturated heterocycles. The van der Waals surface area contributed by atoms with Gasteiger partial charge in [0.15, 0.2) is 6.10 Å². The van der Waals surface area contributed by atoms with Crippen molar-refractivity contribution in [2.24, 2.45) is 11.8 Å². The predicted molar refractivity (Wildman–Crippen MR) is 202 cm³/mol. The van der Waals surface area contributed by atoms with Gasteiger partial charge in [-0.1, -0.05) is 161 Å². The van der Waals surface area contributed by atoms with Crippen LogP contribution < -0.4 is 0 Å². The molecule has 0 aromatic rings. The zero-order chi connectivity index (χ0) is 36.7. The number of hydrogen-bond donors (Lipinski definition) is 3. The van der Waals surface area contributed by atoms with E-state index in [1.54, 1.807) is 12.2 Å². The Hall–Kier alpha value is -1.77. The molecular weight excluding hydrogens is 632 g/mol. The number of esters is 2. The lowest BCUT2D eigenvalue weighted by molar-refractivity contribution is -0.161. The molecule has 292 valence electrons. The Morgan fingerprint density at radius 1 is 0.720 bits per heavy atom. The lowest BCUT2D eigenvalue weighted by Gasteiger charge is -2.19. The number of aliphatic hydroxyl groups is 3. The summed E-state index contributed by atoms with van der Waals surface area (Å²) in [5.41, 5.74) is 0. The average Bonchev–Trinajstić information content (AvgIpc) is 3.37. The molecule has 50 heavy (non-hydrogen) atoms. The molecule has 1 aliphatic rings. The molecule has 0 aromatic carbocycles. The molecule has 0 bridgehead atoms. The molecular formula is C42H76O8. The van der Waals surface area contributed by atoms with Crippen LogP contribution in [0.3, 0.4) is 0 Å². The number of carbonyl (C=O) groups excluding carboxylic acids is 3. The lowest BCUT2D eigenvalue weighted by Crippen LogP contribution is -2.28. The fourth-order valence-electron chi connectivity index (χ4n) is 6.99. The minimum Gasteiger partial charge on any atom is -0.462 e. The van der Waals surface area contributed by atoms with Gasteiger partial charge in [-0.15, -0.1) is 0 Å². The summed E-state index contributed by atoms with van der Waals surface area (Å²) in [6.45, 7) is 3.85. The van der Waals surface area contributed by atoms with E-state index in [9.17, 15) is 29.7 Å². The van der Waals surface area contributed by atoms with Crippen molar-refractivity contribution in [2.45, 2.75) is 212 Å². The standard InChI is InChI=1S/C42H76O8/c1-3-5-7-8-9-10-11-12-13-14-15-16-17-18-19-25-29-42(48)50-36(33-43)34-49-41(47)28-24-21-20-23-27-37-38(40(46)32-39(37)45)31-30-35(44)26-22-6-4-2/h30-31,35-39,43-45H,3-29,32-34H2,1-2H3/b31-30+/t35-,36-,37+,38+,39-/m0/s1. The summed E-state index contributed by atoms with van der Waals surface area (Å²) in [5.74, 6) is -1.18. The molecule has 0 radical (unpaired) electrons. The van der Waals surface area contributed by atoms with Crippen LogP contribution >= 0.6 is 0 Å². The fourth-order valence-corrected chi connectivity index (χ4v) is 6.99. The first-order valence-corrected chi connectivity index (χ1v) is 20.8. The van der Waals surface area contributed by atoms with Crippen molar-refractivity contribution >= 4 is 17.7 Å². The second-order valence-electron chi connectivity index (χ2n) is 14.9. The monoisotopic (exact) mass is 709 g/mol. The maximum atomic E-state index is 12.4. The zero-order valence-electron chi connectivity index (χ0n) is 32.1. The Morgan fingerprint density at radius 2 is 1.20 bits per heavy atom. The first kappa shape index (κ1) is 46.3. The highest BCUT2D eigenvalue weighted by molar-refractivity contribution is 5.86. The number of unbranched alkanes of at least 4 members (excludes halogenated alkanes) is 20. The van der Waals surface area contributed by atoms with Crippen molar-refractivity contribution in [3.63, 3.8) is 0 Å². The molecule has 5 atom stereocenters. The third kappa shape index (κ3) is 24.4. The number of ether oxygens (including phenoxy) is 2. The van der Waals surface area contributed by atoms with Crippen LogP contribution in [0.2, 0.25) is 0 Å². The van der Waals surface area contributed by atoms with Gasteiger partial charge in [-0.2, -0.15) is 0 Å². The molecule has 8 heteroatoms. The number of carbonyl (C=O) groups is 3. The van der Waals surface area contributed by atoms with Crippen LogP contribution in [0.1, 0.15) is 194 Å². The van der Waals surface area contributed by atoms with E-state index in [-0.39, 0.29) is 55.6 Å². The smallest absolute Gasteiger partial charge is 0.306 e. The van der Waals surface area contributed by atoms with Gasteiger partial charge in [0, 0.05) is 25.2 Å². The Bertz CT molecular complexity index is 874. The van der Waals surface area contributed by atoms with Gasteiger partial charge >= 0.3 is 11.9 Å². The Labute approximate surface area is 305 Å². The van der Waals surface area contributed by atoms with E-state index < -0.39 is 18.3 Å². The van der Waals surface area contributed by atoms with E-state index in [4.69, 9.17) is 9.47 Å². The number of Topliss-reactive ketones (excluding diaryl/α,β-unsaturated/α-hetero) is 1. The topological polar surface area (TPSA) is 130 Å². The van der Waals surface area contributed by atoms with Gasteiger partial charge in [-0.05, 0) is 31.6 Å². The Morgan fingerprint density at radius 3 is 1.74 bits per heavy atom. The van der Waals surface area contributed by atoms with Crippen molar-refractivity contribution in [1.29, 1.82) is 0 Å². The lowest BCUT2D eigenvalue weighted by atomic mass is 9.88. The molecule has 1 fully saturated rings. The molecule has 8 nitrogen and oxygen atoms in total. The van der Waals surface area contributed by atoms with Crippen LogP contribution in [0.5, 0.6) is 0 Å². The number of allylic oxidation sites excluding steroid dienone is 1. The van der Waals surface area contributed by atoms with Crippen LogP contribution in [-0.2, 0) is 23.9 Å². The molecule has 0 spiro atoms. The third-order valence-corrected chi connectivity index (χ3v) is 10.2. The Balaban J connectivity index is 2.05. The maximum Gasteiger partial charge on any atom is 0.306 e. The summed E-state index contributed by atoms with van der Waals surface area (Å²) in [5, 5.41) is 30.2. The van der Waals surface area contributed by atoms with E-state index >= 15 is 0 Å². The highest BCUT2D eigenvalue weighted by atomic mass is 16.6. The molecule has 3 N–H and O–H groups in total. The molecule has 1 rings (SSSR count). The largest absolute Gasteiger partial charge is 0.462 e. The van der Waals surface area contributed by atoms with Gasteiger partial charge in [0.05, 0.1) is 18.8 Å². The van der Waals surface area contributed by atoms with Gasteiger partial charge < -0.3 is 24.8 Å². The quantitative estimate of drug-likeness (QED) is 0.0342. The molecule has 1 saturated carbocycles. The second-order valence-corrected chi connectivity index (χ2v) is 14.9. The first-order chi connectivity index (χ1) is 24.3. The van der Waals surface area contributed by atoms with Crippen molar-refractivity contribution in [2.75, 3.05) is 13.2 Å². The van der Waals surface area contributed by atoms with E-state index in [1.165, 1.54) is 83.5 Å². The number of ketones is 1. The van der Waals surface area contributed by atoms with Gasteiger partial charge in [0.25, 0.3) is 0 Å². The summed E-state index contributed by atoms with van der Waals surface area (Å²) in [7, 11) is 0. The molecule has 0 unspecified atom stereocenters. The van der Waals surface area contributed by atoms with E-state index in [0.717, 1.165) is 64.2 Å². The van der Waals surface area contributed by atoms with E-state index in [0.29, 0.717) is 19.3 Å². The number of aliphatic hydroxyl groups excluding tert-OH is 3. The summed E-state index contributed by atoms with van der Waals surface area (Å²) in [6.07, 6.45) is 30.3. The SMILES string of the molecule is CCCCCCCCCCCCCCCCCCC(=O)O[C@@H](CO)COC(=O)CCCCCC[C@H]1[C@@H](O)CC(=O)[C@@H]1/C=C/[C@@H](O)CCCCC. The van der Waals surface area contributed by atoms with Crippen molar-refractivity contribution in [3.8, 4) is 0 Å². The van der Waals surface area contributed by atoms with Crippen LogP contribution in [0.15, 0.2) is 12.2 Å². The van der Waals surface area contributed by atoms with Crippen molar-refractivity contribution in [3.05, 3.63) is 12.2 Å². The minimum absolute atomic E-state index is 0.0364. The number of rotatable bonds is 34. The molecule has 1 aliphatic carbocycles. The van der Waals surface area contributed by atoms with E-state index in [1.807, 2.05) is 0 Å². The van der Waals surface area contributed by atoms with Gasteiger partial charge in [0.1, 0.15) is 12.4 Å². The maximum absolute atomic E-state index is 12.4.